The summed E-state index contributed by atoms with van der Waals surface area (Å²) in [6.45, 7) is 5.49. The predicted octanol–water partition coefficient (Wildman–Crippen LogP) is 4.42. The fourth-order valence-electron chi connectivity index (χ4n) is 4.14. The number of fused-ring (bicyclic) bond motifs is 1. The summed E-state index contributed by atoms with van der Waals surface area (Å²) < 4.78 is 1.74. The van der Waals surface area contributed by atoms with Gasteiger partial charge < -0.3 is 5.32 Å². The fraction of sp³-hybridized carbons (Fsp3) is 0.280. The van der Waals surface area contributed by atoms with Crippen molar-refractivity contribution in [1.82, 2.24) is 24.9 Å². The number of aromatic nitrogens is 4. The molecule has 0 bridgehead atoms. The molecule has 0 radical (unpaired) electrons. The number of nitrogens with zero attached hydrogens (tertiary/aromatic N) is 4. The van der Waals surface area contributed by atoms with Gasteiger partial charge in [-0.15, -0.1) is 0 Å². The van der Waals surface area contributed by atoms with E-state index in [1.54, 1.807) is 23.0 Å². The Kier molecular flexibility index (Phi) is 4.87. The van der Waals surface area contributed by atoms with Crippen LogP contribution in [0.3, 0.4) is 0 Å². The average Bonchev–Trinajstić information content (AvgIpc) is 3.22. The molecule has 1 aliphatic heterocycles. The summed E-state index contributed by atoms with van der Waals surface area (Å²) in [7, 11) is 0. The quantitative estimate of drug-likeness (QED) is 0.476. The van der Waals surface area contributed by atoms with Crippen LogP contribution in [0.25, 0.3) is 28.2 Å². The van der Waals surface area contributed by atoms with Crippen LogP contribution in [0, 0.1) is 5.41 Å². The molecule has 1 atom stereocenters. The van der Waals surface area contributed by atoms with Crippen LogP contribution in [0.2, 0.25) is 0 Å². The number of hydrogen-bond donors (Lipinski definition) is 1. The molecule has 0 amide bonds. The molecule has 0 saturated carbocycles. The van der Waals surface area contributed by atoms with Crippen molar-refractivity contribution in [3.63, 3.8) is 0 Å². The zero-order valence-electron chi connectivity index (χ0n) is 17.7. The Morgan fingerprint density at radius 2 is 2.00 bits per heavy atom. The standard InChI is InChI=1S/C25H25N5O/c1-25(2)16-27-23(25)9-8-22(31)18-10-12-26-21(14-18)19-15-28-30-13-11-20(29-24(19)30)17-6-4-3-5-7-17/h3-7,10-15,23,27H,8-9,16H2,1-2H3. The molecule has 5 rings (SSSR count). The number of benzene rings is 1. The molecule has 1 aliphatic rings. The van der Waals surface area contributed by atoms with Gasteiger partial charge in [0.25, 0.3) is 0 Å². The molecular formula is C25H25N5O. The lowest BCUT2D eigenvalue weighted by molar-refractivity contribution is 0.0902. The maximum Gasteiger partial charge on any atom is 0.164 e. The van der Waals surface area contributed by atoms with E-state index in [2.05, 4.69) is 29.2 Å². The predicted molar refractivity (Wildman–Crippen MR) is 121 cm³/mol. The van der Waals surface area contributed by atoms with E-state index < -0.39 is 0 Å². The van der Waals surface area contributed by atoms with Crippen molar-refractivity contribution in [2.75, 3.05) is 6.54 Å². The molecule has 6 heteroatoms. The number of hydrogen-bond acceptors (Lipinski definition) is 5. The van der Waals surface area contributed by atoms with Crippen molar-refractivity contribution in [3.05, 3.63) is 72.7 Å². The number of Topliss-reactive ketones (excluding diaryl/α,β-unsaturated/α-hetero) is 1. The fourth-order valence-corrected chi connectivity index (χ4v) is 4.14. The van der Waals surface area contributed by atoms with Crippen LogP contribution in [-0.2, 0) is 0 Å². The third-order valence-electron chi connectivity index (χ3n) is 6.20. The molecule has 31 heavy (non-hydrogen) atoms. The van der Waals surface area contributed by atoms with Gasteiger partial charge in [-0.05, 0) is 30.0 Å². The van der Waals surface area contributed by atoms with Gasteiger partial charge in [-0.1, -0.05) is 44.2 Å². The molecule has 4 heterocycles. The van der Waals surface area contributed by atoms with E-state index in [9.17, 15) is 4.79 Å². The lowest BCUT2D eigenvalue weighted by Gasteiger charge is -2.45. The van der Waals surface area contributed by atoms with Crippen molar-refractivity contribution in [3.8, 4) is 22.5 Å². The van der Waals surface area contributed by atoms with E-state index in [0.29, 0.717) is 23.7 Å². The third-order valence-corrected chi connectivity index (χ3v) is 6.20. The van der Waals surface area contributed by atoms with E-state index in [4.69, 9.17) is 4.98 Å². The first kappa shape index (κ1) is 19.6. The Labute approximate surface area is 181 Å². The van der Waals surface area contributed by atoms with Crippen LogP contribution < -0.4 is 5.32 Å². The summed E-state index contributed by atoms with van der Waals surface area (Å²) in [5.74, 6) is 0.141. The highest BCUT2D eigenvalue weighted by atomic mass is 16.1. The molecule has 3 aromatic heterocycles. The van der Waals surface area contributed by atoms with Gasteiger partial charge in [-0.25, -0.2) is 9.50 Å². The zero-order chi connectivity index (χ0) is 21.4. The molecule has 1 saturated heterocycles. The van der Waals surface area contributed by atoms with Gasteiger partial charge in [0.1, 0.15) is 0 Å². The zero-order valence-corrected chi connectivity index (χ0v) is 17.7. The number of ketones is 1. The van der Waals surface area contributed by atoms with Gasteiger partial charge >= 0.3 is 0 Å². The minimum atomic E-state index is 0.141. The summed E-state index contributed by atoms with van der Waals surface area (Å²) in [5.41, 5.74) is 5.11. The second-order valence-electron chi connectivity index (χ2n) is 8.82. The van der Waals surface area contributed by atoms with Crippen molar-refractivity contribution in [1.29, 1.82) is 0 Å². The van der Waals surface area contributed by atoms with E-state index in [-0.39, 0.29) is 11.2 Å². The molecule has 6 nitrogen and oxygen atoms in total. The van der Waals surface area contributed by atoms with Crippen LogP contribution in [0.1, 0.15) is 37.0 Å². The first-order valence-corrected chi connectivity index (χ1v) is 10.6. The summed E-state index contributed by atoms with van der Waals surface area (Å²) in [6.07, 6.45) is 6.72. The molecule has 1 fully saturated rings. The molecular weight excluding hydrogens is 386 g/mol. The van der Waals surface area contributed by atoms with Crippen LogP contribution in [0.5, 0.6) is 0 Å². The maximum atomic E-state index is 12.8. The van der Waals surface area contributed by atoms with Gasteiger partial charge in [-0.3, -0.25) is 9.78 Å². The molecule has 0 aliphatic carbocycles. The minimum absolute atomic E-state index is 0.141. The normalized spacial score (nSPS) is 17.4. The topological polar surface area (TPSA) is 72.2 Å². The number of rotatable bonds is 6. The number of nitrogens with one attached hydrogen (secondary N) is 1. The van der Waals surface area contributed by atoms with Crippen LogP contribution in [0.15, 0.2) is 67.1 Å². The van der Waals surface area contributed by atoms with E-state index in [1.165, 1.54) is 0 Å². The number of carbonyl (C=O) groups is 1. The monoisotopic (exact) mass is 411 g/mol. The van der Waals surface area contributed by atoms with Gasteiger partial charge in [0, 0.05) is 42.5 Å². The highest BCUT2D eigenvalue weighted by molar-refractivity contribution is 5.97. The Morgan fingerprint density at radius 3 is 2.74 bits per heavy atom. The second-order valence-corrected chi connectivity index (χ2v) is 8.82. The summed E-state index contributed by atoms with van der Waals surface area (Å²) in [4.78, 5) is 22.2. The summed E-state index contributed by atoms with van der Waals surface area (Å²) in [6, 6.07) is 16.0. The van der Waals surface area contributed by atoms with Crippen molar-refractivity contribution >= 4 is 11.4 Å². The molecule has 4 aromatic rings. The molecule has 1 unspecified atom stereocenters. The largest absolute Gasteiger partial charge is 0.313 e. The Hall–Kier alpha value is -3.38. The smallest absolute Gasteiger partial charge is 0.164 e. The lowest BCUT2D eigenvalue weighted by atomic mass is 9.75. The second kappa shape index (κ2) is 7.71. The third kappa shape index (κ3) is 3.75. The van der Waals surface area contributed by atoms with E-state index in [0.717, 1.165) is 35.4 Å². The minimum Gasteiger partial charge on any atom is -0.313 e. The van der Waals surface area contributed by atoms with E-state index in [1.807, 2.05) is 48.7 Å². The van der Waals surface area contributed by atoms with Crippen LogP contribution >= 0.6 is 0 Å². The van der Waals surface area contributed by atoms with Gasteiger partial charge in [-0.2, -0.15) is 5.10 Å². The Balaban J connectivity index is 1.42. The Bertz CT molecular complexity index is 1250. The molecule has 1 N–H and O–H groups in total. The Morgan fingerprint density at radius 1 is 1.16 bits per heavy atom. The highest BCUT2D eigenvalue weighted by Gasteiger charge is 2.37. The number of pyridine rings is 1. The van der Waals surface area contributed by atoms with Crippen LogP contribution in [0.4, 0.5) is 0 Å². The van der Waals surface area contributed by atoms with Gasteiger partial charge in [0.05, 0.1) is 23.1 Å². The van der Waals surface area contributed by atoms with Crippen molar-refractivity contribution in [2.24, 2.45) is 5.41 Å². The molecule has 156 valence electrons. The van der Waals surface area contributed by atoms with E-state index >= 15 is 0 Å². The molecule has 0 spiro atoms. The SMILES string of the molecule is CC1(C)CNC1CCC(=O)c1ccnc(-c2cnn3ccc(-c4ccccc4)nc23)c1. The maximum absolute atomic E-state index is 12.8. The first-order chi connectivity index (χ1) is 15.0. The molecule has 1 aromatic carbocycles. The highest BCUT2D eigenvalue weighted by Crippen LogP contribution is 2.31. The summed E-state index contributed by atoms with van der Waals surface area (Å²) in [5, 5.41) is 7.85. The average molecular weight is 412 g/mol. The first-order valence-electron chi connectivity index (χ1n) is 10.6. The summed E-state index contributed by atoms with van der Waals surface area (Å²) >= 11 is 0. The van der Waals surface area contributed by atoms with Crippen molar-refractivity contribution < 1.29 is 4.79 Å². The van der Waals surface area contributed by atoms with Crippen molar-refractivity contribution in [2.45, 2.75) is 32.7 Å². The number of carbonyl (C=O) groups excluding carboxylic acids is 1. The lowest BCUT2D eigenvalue weighted by Crippen LogP contribution is -2.59. The van der Waals surface area contributed by atoms with Gasteiger partial charge in [0.15, 0.2) is 11.4 Å². The van der Waals surface area contributed by atoms with Crippen LogP contribution in [-0.4, -0.2) is 38.0 Å². The van der Waals surface area contributed by atoms with Gasteiger partial charge in [0.2, 0.25) is 0 Å².